The molecule has 0 spiro atoms. The van der Waals surface area contributed by atoms with Crippen LogP contribution in [0.4, 0.5) is 5.82 Å². The van der Waals surface area contributed by atoms with Crippen molar-refractivity contribution in [2.75, 3.05) is 18.9 Å². The van der Waals surface area contributed by atoms with E-state index in [1.54, 1.807) is 6.20 Å². The largest absolute Gasteiger partial charge is 0.488 e. The number of pyridine rings is 1. The third-order valence-corrected chi connectivity index (χ3v) is 5.43. The van der Waals surface area contributed by atoms with Gasteiger partial charge in [0.15, 0.2) is 23.1 Å². The molecule has 4 heterocycles. The van der Waals surface area contributed by atoms with Crippen molar-refractivity contribution in [2.24, 2.45) is 0 Å². The summed E-state index contributed by atoms with van der Waals surface area (Å²) >= 11 is 0. The van der Waals surface area contributed by atoms with Gasteiger partial charge < -0.3 is 20.4 Å². The fourth-order valence-corrected chi connectivity index (χ4v) is 3.95. The molecule has 5 rings (SSSR count). The Morgan fingerprint density at radius 2 is 2.10 bits per heavy atom. The maximum absolute atomic E-state index is 6.22. The highest BCUT2D eigenvalue weighted by atomic mass is 16.6. The Bertz CT molecular complexity index is 1160. The van der Waals surface area contributed by atoms with Gasteiger partial charge >= 0.3 is 0 Å². The molecule has 9 heteroatoms. The van der Waals surface area contributed by atoms with Crippen molar-refractivity contribution in [2.45, 2.75) is 32.4 Å². The van der Waals surface area contributed by atoms with Crippen molar-refractivity contribution < 1.29 is 9.37 Å². The van der Waals surface area contributed by atoms with Crippen LogP contribution in [0.5, 0.6) is 5.75 Å². The first-order valence-electron chi connectivity index (χ1n) is 10.2. The minimum absolute atomic E-state index is 0.201. The lowest BCUT2D eigenvalue weighted by Crippen LogP contribution is -2.28. The van der Waals surface area contributed by atoms with E-state index < -0.39 is 0 Å². The van der Waals surface area contributed by atoms with Crippen LogP contribution < -0.4 is 15.8 Å². The number of fused-ring (bicyclic) bond motifs is 1. The second-order valence-electron chi connectivity index (χ2n) is 7.32. The maximum Gasteiger partial charge on any atom is 0.199 e. The van der Waals surface area contributed by atoms with Crippen LogP contribution in [-0.4, -0.2) is 44.0 Å². The SMILES string of the molecule is CCn1c(-c2nonc2N)nc2c(-c3ccccc3)ncc(OC[C@@H]3CCCN3)c21. The maximum atomic E-state index is 6.22. The summed E-state index contributed by atoms with van der Waals surface area (Å²) in [6.45, 7) is 4.30. The molecular formula is C21H23N7O2. The first-order valence-corrected chi connectivity index (χ1v) is 10.2. The Balaban J connectivity index is 1.69. The number of ether oxygens (including phenoxy) is 1. The number of benzene rings is 1. The summed E-state index contributed by atoms with van der Waals surface area (Å²) in [6, 6.07) is 10.3. The van der Waals surface area contributed by atoms with E-state index in [9.17, 15) is 0 Å². The normalized spacial score (nSPS) is 16.4. The molecule has 154 valence electrons. The van der Waals surface area contributed by atoms with Gasteiger partial charge in [0.2, 0.25) is 0 Å². The Labute approximate surface area is 173 Å². The third kappa shape index (κ3) is 3.17. The number of hydrogen-bond acceptors (Lipinski definition) is 8. The van der Waals surface area contributed by atoms with Crippen LogP contribution >= 0.6 is 0 Å². The second-order valence-corrected chi connectivity index (χ2v) is 7.32. The molecule has 1 atom stereocenters. The summed E-state index contributed by atoms with van der Waals surface area (Å²) in [5.41, 5.74) is 9.73. The molecule has 3 aromatic heterocycles. The number of nitrogens with zero attached hydrogens (tertiary/aromatic N) is 5. The molecule has 30 heavy (non-hydrogen) atoms. The summed E-state index contributed by atoms with van der Waals surface area (Å²) in [5.74, 6) is 1.47. The second kappa shape index (κ2) is 7.75. The van der Waals surface area contributed by atoms with Gasteiger partial charge in [-0.1, -0.05) is 30.3 Å². The van der Waals surface area contributed by atoms with E-state index in [-0.39, 0.29) is 5.82 Å². The van der Waals surface area contributed by atoms with Crippen molar-refractivity contribution >= 4 is 16.9 Å². The number of nitrogen functional groups attached to an aromatic ring is 1. The summed E-state index contributed by atoms with van der Waals surface area (Å²) in [6.07, 6.45) is 4.06. The summed E-state index contributed by atoms with van der Waals surface area (Å²) in [5, 5.41) is 11.1. The zero-order valence-corrected chi connectivity index (χ0v) is 16.7. The molecule has 9 nitrogen and oxygen atoms in total. The van der Waals surface area contributed by atoms with E-state index in [4.69, 9.17) is 25.1 Å². The lowest BCUT2D eigenvalue weighted by Gasteiger charge is -2.15. The Hall–Kier alpha value is -3.46. The first kappa shape index (κ1) is 18.6. The number of rotatable bonds is 6. The third-order valence-electron chi connectivity index (χ3n) is 5.43. The van der Waals surface area contributed by atoms with Crippen LogP contribution in [0.25, 0.3) is 33.8 Å². The monoisotopic (exact) mass is 405 g/mol. The standard InChI is InChI=1S/C21H23N7O2/c1-2-28-19-15(29-12-14-9-6-10-23-14)11-24-16(13-7-4-3-5-8-13)17(19)25-21(28)18-20(22)27-30-26-18/h3-5,7-8,11,14,23H,2,6,9-10,12H2,1H3,(H2,22,27)/t14-/m0/s1. The summed E-state index contributed by atoms with van der Waals surface area (Å²) in [7, 11) is 0. The Morgan fingerprint density at radius 1 is 1.23 bits per heavy atom. The van der Waals surface area contributed by atoms with Crippen LogP contribution in [0.2, 0.25) is 0 Å². The fraction of sp³-hybridized carbons (Fsp3) is 0.333. The number of aromatic nitrogens is 5. The van der Waals surface area contributed by atoms with Crippen LogP contribution in [-0.2, 0) is 6.54 Å². The molecule has 4 aromatic rings. The van der Waals surface area contributed by atoms with Crippen LogP contribution in [0.3, 0.4) is 0 Å². The number of nitrogens with one attached hydrogen (secondary N) is 1. The van der Waals surface area contributed by atoms with Crippen molar-refractivity contribution in [3.05, 3.63) is 36.5 Å². The van der Waals surface area contributed by atoms with E-state index in [1.165, 1.54) is 6.42 Å². The van der Waals surface area contributed by atoms with E-state index in [2.05, 4.69) is 15.6 Å². The highest BCUT2D eigenvalue weighted by Crippen LogP contribution is 2.36. The topological polar surface area (TPSA) is 117 Å². The Morgan fingerprint density at radius 3 is 2.80 bits per heavy atom. The number of anilines is 1. The first-order chi connectivity index (χ1) is 14.8. The Kier molecular flexibility index (Phi) is 4.80. The molecule has 1 aliphatic heterocycles. The lowest BCUT2D eigenvalue weighted by atomic mass is 10.1. The highest BCUT2D eigenvalue weighted by molar-refractivity contribution is 5.95. The van der Waals surface area contributed by atoms with Crippen molar-refractivity contribution in [3.8, 4) is 28.5 Å². The molecule has 1 saturated heterocycles. The molecule has 1 aromatic carbocycles. The van der Waals surface area contributed by atoms with Gasteiger partial charge in [0, 0.05) is 18.2 Å². The molecule has 0 unspecified atom stereocenters. The van der Waals surface area contributed by atoms with Gasteiger partial charge in [0.05, 0.1) is 11.9 Å². The molecule has 0 amide bonds. The predicted molar refractivity (Wildman–Crippen MR) is 113 cm³/mol. The molecule has 0 bridgehead atoms. The van der Waals surface area contributed by atoms with Gasteiger partial charge in [-0.3, -0.25) is 0 Å². The van der Waals surface area contributed by atoms with Crippen LogP contribution in [0, 0.1) is 0 Å². The van der Waals surface area contributed by atoms with E-state index >= 15 is 0 Å². The van der Waals surface area contributed by atoms with Crippen molar-refractivity contribution in [1.82, 2.24) is 30.2 Å². The van der Waals surface area contributed by atoms with Gasteiger partial charge in [-0.05, 0) is 36.6 Å². The van der Waals surface area contributed by atoms with Gasteiger partial charge in [0.1, 0.15) is 17.6 Å². The van der Waals surface area contributed by atoms with Gasteiger partial charge in [-0.2, -0.15) is 0 Å². The summed E-state index contributed by atoms with van der Waals surface area (Å²) in [4.78, 5) is 9.57. The molecule has 0 radical (unpaired) electrons. The molecule has 3 N–H and O–H groups in total. The van der Waals surface area contributed by atoms with E-state index in [0.717, 1.165) is 35.3 Å². The number of hydrogen-bond donors (Lipinski definition) is 2. The van der Waals surface area contributed by atoms with Crippen LogP contribution in [0.15, 0.2) is 41.2 Å². The minimum atomic E-state index is 0.201. The van der Waals surface area contributed by atoms with Gasteiger partial charge in [-0.25, -0.2) is 14.6 Å². The number of imidazole rings is 1. The molecule has 1 aliphatic rings. The fourth-order valence-electron chi connectivity index (χ4n) is 3.95. The average Bonchev–Trinajstić information content (AvgIpc) is 3.52. The lowest BCUT2D eigenvalue weighted by molar-refractivity contribution is 0.278. The van der Waals surface area contributed by atoms with E-state index in [0.29, 0.717) is 36.5 Å². The smallest absolute Gasteiger partial charge is 0.199 e. The van der Waals surface area contributed by atoms with Gasteiger partial charge in [0.25, 0.3) is 0 Å². The average molecular weight is 405 g/mol. The van der Waals surface area contributed by atoms with E-state index in [1.807, 2.05) is 41.8 Å². The number of nitrogens with two attached hydrogens (primary N) is 1. The molecule has 1 fully saturated rings. The molecule has 0 saturated carbocycles. The summed E-state index contributed by atoms with van der Waals surface area (Å²) < 4.78 is 13.1. The zero-order valence-electron chi connectivity index (χ0n) is 16.7. The van der Waals surface area contributed by atoms with Gasteiger partial charge in [-0.15, -0.1) is 0 Å². The number of aryl methyl sites for hydroxylation is 1. The predicted octanol–water partition coefficient (Wildman–Crippen LogP) is 2.88. The minimum Gasteiger partial charge on any atom is -0.488 e. The van der Waals surface area contributed by atoms with Crippen molar-refractivity contribution in [3.63, 3.8) is 0 Å². The highest BCUT2D eigenvalue weighted by Gasteiger charge is 2.24. The van der Waals surface area contributed by atoms with Crippen molar-refractivity contribution in [1.29, 1.82) is 0 Å². The van der Waals surface area contributed by atoms with Crippen LogP contribution in [0.1, 0.15) is 19.8 Å². The zero-order chi connectivity index (χ0) is 20.5. The molecule has 0 aliphatic carbocycles. The quantitative estimate of drug-likeness (QED) is 0.503. The molecular weight excluding hydrogens is 382 g/mol.